The highest BCUT2D eigenvalue weighted by Gasteiger charge is 2.16. The molecule has 0 saturated heterocycles. The Morgan fingerprint density at radius 2 is 1.82 bits per heavy atom. The number of nitrogens with zero attached hydrogens (tertiary/aromatic N) is 2. The van der Waals surface area contributed by atoms with Gasteiger partial charge in [-0.1, -0.05) is 44.7 Å². The molecule has 1 N–H and O–H groups in total. The number of anilines is 1. The highest BCUT2D eigenvalue weighted by Crippen LogP contribution is 2.27. The molecule has 146 valence electrons. The Labute approximate surface area is 165 Å². The molecule has 0 aliphatic carbocycles. The lowest BCUT2D eigenvalue weighted by molar-refractivity contribution is -0.113. The summed E-state index contributed by atoms with van der Waals surface area (Å²) in [5, 5.41) is 10.5. The lowest BCUT2D eigenvalue weighted by Gasteiger charge is -2.18. The summed E-state index contributed by atoms with van der Waals surface area (Å²) < 4.78 is 32.0. The fourth-order valence-electron chi connectivity index (χ4n) is 2.40. The first-order valence-electron chi connectivity index (χ1n) is 8.54. The average Bonchev–Trinajstić information content (AvgIpc) is 3.11. The van der Waals surface area contributed by atoms with E-state index in [2.05, 4.69) is 36.3 Å². The molecule has 1 aromatic heterocycles. The fourth-order valence-corrected chi connectivity index (χ4v) is 2.97. The van der Waals surface area contributed by atoms with Crippen molar-refractivity contribution in [3.8, 4) is 11.5 Å². The third-order valence-corrected chi connectivity index (χ3v) is 4.75. The number of carbonyl (C=O) groups is 1. The van der Waals surface area contributed by atoms with Crippen LogP contribution in [-0.4, -0.2) is 21.9 Å². The third kappa shape index (κ3) is 4.95. The van der Waals surface area contributed by atoms with Crippen LogP contribution in [0.2, 0.25) is 0 Å². The summed E-state index contributed by atoms with van der Waals surface area (Å²) in [6.45, 7) is 6.39. The largest absolute Gasteiger partial charge is 0.411 e. The minimum Gasteiger partial charge on any atom is -0.411 e. The molecule has 0 fully saturated rings. The van der Waals surface area contributed by atoms with Gasteiger partial charge in [-0.3, -0.25) is 4.79 Å². The Hall–Kier alpha value is -2.74. The number of benzene rings is 2. The summed E-state index contributed by atoms with van der Waals surface area (Å²) in [5.41, 5.74) is 1.93. The highest BCUT2D eigenvalue weighted by atomic mass is 32.2. The van der Waals surface area contributed by atoms with Crippen LogP contribution in [0.25, 0.3) is 11.5 Å². The van der Waals surface area contributed by atoms with E-state index in [0.29, 0.717) is 12.0 Å². The predicted molar refractivity (Wildman–Crippen MR) is 104 cm³/mol. The molecule has 0 atom stereocenters. The Kier molecular flexibility index (Phi) is 5.79. The van der Waals surface area contributed by atoms with Crippen LogP contribution in [0.1, 0.15) is 26.3 Å². The number of halogens is 2. The van der Waals surface area contributed by atoms with Crippen molar-refractivity contribution in [2.45, 2.75) is 31.4 Å². The van der Waals surface area contributed by atoms with E-state index in [0.717, 1.165) is 23.4 Å². The zero-order valence-electron chi connectivity index (χ0n) is 15.6. The molecule has 0 unspecified atom stereocenters. The van der Waals surface area contributed by atoms with Crippen LogP contribution in [0.4, 0.5) is 14.5 Å². The summed E-state index contributed by atoms with van der Waals surface area (Å²) >= 11 is 1.03. The first-order chi connectivity index (χ1) is 13.2. The molecule has 0 spiro atoms. The van der Waals surface area contributed by atoms with Gasteiger partial charge in [0.05, 0.1) is 11.4 Å². The third-order valence-electron chi connectivity index (χ3n) is 3.94. The SMILES string of the molecule is CC(C)(C)c1ccc(-c2nnc(SCC(=O)Nc3ccc(F)cc3F)o2)cc1. The number of thioether (sulfide) groups is 1. The van der Waals surface area contributed by atoms with Gasteiger partial charge < -0.3 is 9.73 Å². The van der Waals surface area contributed by atoms with Gasteiger partial charge in [0.25, 0.3) is 5.22 Å². The molecule has 1 heterocycles. The molecule has 5 nitrogen and oxygen atoms in total. The molecule has 0 saturated carbocycles. The Bertz CT molecular complexity index is 982. The molecular formula is C20H19F2N3O2S. The normalized spacial score (nSPS) is 11.5. The van der Waals surface area contributed by atoms with Crippen molar-refractivity contribution < 1.29 is 18.0 Å². The summed E-state index contributed by atoms with van der Waals surface area (Å²) in [4.78, 5) is 11.9. The van der Waals surface area contributed by atoms with Crippen LogP contribution >= 0.6 is 11.8 Å². The Balaban J connectivity index is 1.59. The number of rotatable bonds is 5. The van der Waals surface area contributed by atoms with Crippen molar-refractivity contribution in [2.75, 3.05) is 11.1 Å². The predicted octanol–water partition coefficient (Wildman–Crippen LogP) is 5.04. The van der Waals surface area contributed by atoms with E-state index in [1.165, 1.54) is 11.6 Å². The van der Waals surface area contributed by atoms with E-state index in [1.54, 1.807) is 0 Å². The molecule has 8 heteroatoms. The Morgan fingerprint density at radius 3 is 2.46 bits per heavy atom. The second-order valence-electron chi connectivity index (χ2n) is 7.16. The highest BCUT2D eigenvalue weighted by molar-refractivity contribution is 7.99. The fraction of sp³-hybridized carbons (Fsp3) is 0.250. The molecule has 0 bridgehead atoms. The number of carbonyl (C=O) groups excluding carboxylic acids is 1. The molecule has 3 aromatic rings. The topological polar surface area (TPSA) is 68.0 Å². The van der Waals surface area contributed by atoms with Crippen molar-refractivity contribution in [3.05, 3.63) is 59.7 Å². The minimum atomic E-state index is -0.836. The first kappa shape index (κ1) is 20.0. The minimum absolute atomic E-state index is 0.0474. The van der Waals surface area contributed by atoms with E-state index in [1.807, 2.05) is 24.3 Å². The number of aromatic nitrogens is 2. The molecule has 1 amide bonds. The van der Waals surface area contributed by atoms with Gasteiger partial charge in [-0.15, -0.1) is 10.2 Å². The van der Waals surface area contributed by atoms with E-state index in [4.69, 9.17) is 4.42 Å². The second-order valence-corrected chi connectivity index (χ2v) is 8.09. The number of amides is 1. The zero-order valence-corrected chi connectivity index (χ0v) is 16.4. The second kappa shape index (κ2) is 8.10. The molecule has 0 aliphatic heterocycles. The van der Waals surface area contributed by atoms with Crippen molar-refractivity contribution in [1.82, 2.24) is 10.2 Å². The van der Waals surface area contributed by atoms with Gasteiger partial charge in [-0.2, -0.15) is 0 Å². The van der Waals surface area contributed by atoms with E-state index in [9.17, 15) is 13.6 Å². The first-order valence-corrected chi connectivity index (χ1v) is 9.53. The lowest BCUT2D eigenvalue weighted by atomic mass is 9.87. The van der Waals surface area contributed by atoms with Crippen LogP contribution < -0.4 is 5.32 Å². The van der Waals surface area contributed by atoms with Crippen LogP contribution in [0.5, 0.6) is 0 Å². The summed E-state index contributed by atoms with van der Waals surface area (Å²) in [6, 6.07) is 10.8. The van der Waals surface area contributed by atoms with Gasteiger partial charge >= 0.3 is 0 Å². The smallest absolute Gasteiger partial charge is 0.277 e. The molecule has 3 rings (SSSR count). The summed E-state index contributed by atoms with van der Waals surface area (Å²) in [5.74, 6) is -1.71. The maximum absolute atomic E-state index is 13.6. The van der Waals surface area contributed by atoms with Crippen molar-refractivity contribution >= 4 is 23.4 Å². The monoisotopic (exact) mass is 403 g/mol. The zero-order chi connectivity index (χ0) is 20.3. The molecular weight excluding hydrogens is 384 g/mol. The van der Waals surface area contributed by atoms with Gasteiger partial charge in [0, 0.05) is 11.6 Å². The van der Waals surface area contributed by atoms with E-state index >= 15 is 0 Å². The van der Waals surface area contributed by atoms with Crippen LogP contribution in [-0.2, 0) is 10.2 Å². The average molecular weight is 403 g/mol. The summed E-state index contributed by atoms with van der Waals surface area (Å²) in [7, 11) is 0. The summed E-state index contributed by atoms with van der Waals surface area (Å²) in [6.07, 6.45) is 0. The van der Waals surface area contributed by atoms with Crippen LogP contribution in [0.3, 0.4) is 0 Å². The van der Waals surface area contributed by atoms with Crippen LogP contribution in [0.15, 0.2) is 52.1 Å². The van der Waals surface area contributed by atoms with Gasteiger partial charge in [0.2, 0.25) is 11.8 Å². The number of hydrogen-bond donors (Lipinski definition) is 1. The Morgan fingerprint density at radius 1 is 1.11 bits per heavy atom. The standard InChI is InChI=1S/C20H19F2N3O2S/c1-20(2,3)13-6-4-12(5-7-13)18-24-25-19(27-18)28-11-17(26)23-16-9-8-14(21)10-15(16)22/h4-10H,11H2,1-3H3,(H,23,26). The van der Waals surface area contributed by atoms with Crippen molar-refractivity contribution in [1.29, 1.82) is 0 Å². The maximum atomic E-state index is 13.6. The van der Waals surface area contributed by atoms with Gasteiger partial charge in [-0.05, 0) is 35.2 Å². The van der Waals surface area contributed by atoms with Crippen LogP contribution in [0, 0.1) is 11.6 Å². The van der Waals surface area contributed by atoms with Gasteiger partial charge in [0.1, 0.15) is 11.6 Å². The quantitative estimate of drug-likeness (QED) is 0.604. The van der Waals surface area contributed by atoms with Crippen molar-refractivity contribution in [2.24, 2.45) is 0 Å². The van der Waals surface area contributed by atoms with E-state index in [-0.39, 0.29) is 22.1 Å². The molecule has 0 aliphatic rings. The van der Waals surface area contributed by atoms with E-state index < -0.39 is 17.5 Å². The maximum Gasteiger partial charge on any atom is 0.277 e. The molecule has 0 radical (unpaired) electrons. The number of nitrogens with one attached hydrogen (secondary N) is 1. The van der Waals surface area contributed by atoms with Gasteiger partial charge in [-0.25, -0.2) is 8.78 Å². The van der Waals surface area contributed by atoms with Crippen molar-refractivity contribution in [3.63, 3.8) is 0 Å². The van der Waals surface area contributed by atoms with Gasteiger partial charge in [0.15, 0.2) is 0 Å². The number of hydrogen-bond acceptors (Lipinski definition) is 5. The molecule has 28 heavy (non-hydrogen) atoms. The molecule has 2 aromatic carbocycles. The lowest BCUT2D eigenvalue weighted by Crippen LogP contribution is -2.15.